The molecule has 0 radical (unpaired) electrons. The number of ether oxygens (including phenoxy) is 2. The number of benzene rings is 1. The van der Waals surface area contributed by atoms with Crippen LogP contribution in [-0.4, -0.2) is 50.3 Å². The van der Waals surface area contributed by atoms with Crippen LogP contribution in [0.2, 0.25) is 0 Å². The summed E-state index contributed by atoms with van der Waals surface area (Å²) < 4.78 is 61.9. The second-order valence-corrected chi connectivity index (χ2v) is 9.39. The number of alkyl halides is 2. The molecule has 1 atom stereocenters. The fraction of sp³-hybridized carbons (Fsp3) is 0.381. The summed E-state index contributed by atoms with van der Waals surface area (Å²) in [5, 5.41) is 3.71. The molecule has 1 heterocycles. The first kappa shape index (κ1) is 23.7. The topological polar surface area (TPSA) is 107 Å². The average Bonchev–Trinajstić information content (AvgIpc) is 3.56. The number of para-hydroxylation sites is 1. The van der Waals surface area contributed by atoms with E-state index in [9.17, 15) is 22.0 Å². The van der Waals surface area contributed by atoms with Crippen molar-refractivity contribution in [3.8, 4) is 11.6 Å². The summed E-state index contributed by atoms with van der Waals surface area (Å²) in [4.78, 5) is 20.5. The molecule has 2 aromatic rings. The fourth-order valence-electron chi connectivity index (χ4n) is 2.88. The Balaban J connectivity index is 1.89. The third kappa shape index (κ3) is 6.54. The Morgan fingerprint density at radius 3 is 2.59 bits per heavy atom. The summed E-state index contributed by atoms with van der Waals surface area (Å²) in [6.45, 7) is -0.946. The first-order chi connectivity index (χ1) is 15.1. The molecule has 1 amide bonds. The van der Waals surface area contributed by atoms with Crippen LogP contribution >= 0.6 is 0 Å². The number of hydrogen-bond donors (Lipinski definition) is 1. The molecule has 8 nitrogen and oxygen atoms in total. The van der Waals surface area contributed by atoms with Gasteiger partial charge in [0.1, 0.15) is 12.4 Å². The summed E-state index contributed by atoms with van der Waals surface area (Å²) in [7, 11) is -2.24. The Hall–Kier alpha value is -2.92. The van der Waals surface area contributed by atoms with Crippen LogP contribution in [0.4, 0.5) is 8.78 Å². The number of aromatic nitrogens is 2. The maximum absolute atomic E-state index is 14.5. The Morgan fingerprint density at radius 1 is 1.31 bits per heavy atom. The van der Waals surface area contributed by atoms with Crippen molar-refractivity contribution in [2.75, 3.05) is 20.0 Å². The van der Waals surface area contributed by atoms with Crippen LogP contribution in [0.5, 0.6) is 11.6 Å². The van der Waals surface area contributed by atoms with Crippen LogP contribution in [0.3, 0.4) is 0 Å². The minimum Gasteiger partial charge on any atom is -0.437 e. The van der Waals surface area contributed by atoms with Crippen molar-refractivity contribution in [3.05, 3.63) is 59.4 Å². The third-order valence-electron chi connectivity index (χ3n) is 4.56. The van der Waals surface area contributed by atoms with Gasteiger partial charge < -0.3 is 14.8 Å². The number of carbonyl (C=O) groups excluding carboxylic acids is 1. The van der Waals surface area contributed by atoms with Crippen LogP contribution in [0.25, 0.3) is 0 Å². The highest BCUT2D eigenvalue weighted by molar-refractivity contribution is 7.93. The molecule has 1 aliphatic carbocycles. The lowest BCUT2D eigenvalue weighted by Crippen LogP contribution is -2.36. The van der Waals surface area contributed by atoms with Crippen molar-refractivity contribution in [3.63, 3.8) is 0 Å². The summed E-state index contributed by atoms with van der Waals surface area (Å²) in [5.74, 6) is -4.39. The van der Waals surface area contributed by atoms with Gasteiger partial charge in [0.05, 0.1) is 12.2 Å². The van der Waals surface area contributed by atoms with Gasteiger partial charge in [0.2, 0.25) is 5.88 Å². The number of halogens is 2. The zero-order valence-electron chi connectivity index (χ0n) is 17.5. The molecule has 1 aliphatic rings. The van der Waals surface area contributed by atoms with Gasteiger partial charge in [-0.15, -0.1) is 0 Å². The zero-order chi connectivity index (χ0) is 23.4. The lowest BCUT2D eigenvalue weighted by Gasteiger charge is -2.19. The van der Waals surface area contributed by atoms with Gasteiger partial charge in [0.25, 0.3) is 5.91 Å². The first-order valence-electron chi connectivity index (χ1n) is 9.75. The predicted octanol–water partition coefficient (Wildman–Crippen LogP) is 3.07. The third-order valence-corrected chi connectivity index (χ3v) is 5.22. The normalized spacial score (nSPS) is 15.5. The van der Waals surface area contributed by atoms with E-state index in [0.29, 0.717) is 0 Å². The molecule has 11 heteroatoms. The van der Waals surface area contributed by atoms with Crippen LogP contribution in [0.1, 0.15) is 29.0 Å². The van der Waals surface area contributed by atoms with E-state index in [0.717, 1.165) is 37.8 Å². The molecule has 1 aromatic heterocycles. The largest absolute Gasteiger partial charge is 0.437 e. The van der Waals surface area contributed by atoms with E-state index < -0.39 is 45.9 Å². The quantitative estimate of drug-likeness (QED) is 0.572. The van der Waals surface area contributed by atoms with Crippen molar-refractivity contribution in [1.29, 1.82) is 0 Å². The Morgan fingerprint density at radius 2 is 2.00 bits per heavy atom. The van der Waals surface area contributed by atoms with Crippen molar-refractivity contribution in [2.45, 2.75) is 24.8 Å². The molecule has 0 saturated heterocycles. The lowest BCUT2D eigenvalue weighted by molar-refractivity contribution is -0.0746. The van der Waals surface area contributed by atoms with E-state index >= 15 is 0 Å². The van der Waals surface area contributed by atoms with Gasteiger partial charge >= 0.3 is 5.92 Å². The van der Waals surface area contributed by atoms with Crippen molar-refractivity contribution >= 4 is 15.7 Å². The number of sulfone groups is 1. The van der Waals surface area contributed by atoms with Crippen molar-refractivity contribution in [1.82, 2.24) is 15.3 Å². The Bertz CT molecular complexity index is 1090. The second kappa shape index (κ2) is 9.70. The highest BCUT2D eigenvalue weighted by atomic mass is 32.2. The standard InChI is InChI=1S/C21H23F2N3O5S/c1-30-13-21(22,23)18-20(31-15-6-4-3-5-7-15)26-17(12-24-18)19(27)25-16(14-8-9-14)10-11-32(2,28)29/h3-7,10-12,14,16H,8-9,13H2,1-2H3,(H,25,27)/b11-10+/t16-/m1/s1. The molecule has 1 fully saturated rings. The highest BCUT2D eigenvalue weighted by Gasteiger charge is 2.39. The molecule has 0 spiro atoms. The fourth-order valence-corrected chi connectivity index (χ4v) is 3.34. The average molecular weight is 467 g/mol. The maximum Gasteiger partial charge on any atom is 0.317 e. The molecule has 32 heavy (non-hydrogen) atoms. The van der Waals surface area contributed by atoms with Gasteiger partial charge in [-0.25, -0.2) is 18.4 Å². The summed E-state index contributed by atoms with van der Waals surface area (Å²) in [5.41, 5.74) is -1.01. The monoisotopic (exact) mass is 467 g/mol. The number of hydrogen-bond acceptors (Lipinski definition) is 7. The Kier molecular flexibility index (Phi) is 7.19. The molecular formula is C21H23F2N3O5S. The zero-order valence-corrected chi connectivity index (χ0v) is 18.3. The molecule has 0 unspecified atom stereocenters. The van der Waals surface area contributed by atoms with Crippen molar-refractivity contribution in [2.24, 2.45) is 5.92 Å². The first-order valence-corrected chi connectivity index (χ1v) is 11.7. The SMILES string of the molecule is COCC(F)(F)c1ncc(C(=O)N[C@H](/C=C/S(C)(=O)=O)C2CC2)nc1Oc1ccccc1. The van der Waals surface area contributed by atoms with Gasteiger partial charge in [0.15, 0.2) is 21.2 Å². The van der Waals surface area contributed by atoms with E-state index in [-0.39, 0.29) is 17.4 Å². The number of methoxy groups -OCH3 is 1. The summed E-state index contributed by atoms with van der Waals surface area (Å²) in [6, 6.07) is 7.59. The number of carbonyl (C=O) groups is 1. The molecule has 0 bridgehead atoms. The van der Waals surface area contributed by atoms with E-state index in [4.69, 9.17) is 4.74 Å². The van der Waals surface area contributed by atoms with Crippen molar-refractivity contribution < 1.29 is 31.5 Å². The van der Waals surface area contributed by atoms with E-state index in [1.165, 1.54) is 6.08 Å². The molecule has 3 rings (SSSR count). The van der Waals surface area contributed by atoms with E-state index in [2.05, 4.69) is 20.0 Å². The van der Waals surface area contributed by atoms with E-state index in [1.54, 1.807) is 30.3 Å². The van der Waals surface area contributed by atoms with Gasteiger partial charge in [-0.05, 0) is 30.9 Å². The van der Waals surface area contributed by atoms with Crippen LogP contribution < -0.4 is 10.1 Å². The second-order valence-electron chi connectivity index (χ2n) is 7.46. The number of rotatable bonds is 10. The van der Waals surface area contributed by atoms with Gasteiger partial charge in [-0.3, -0.25) is 4.79 Å². The molecular weight excluding hydrogens is 444 g/mol. The maximum atomic E-state index is 14.5. The van der Waals surface area contributed by atoms with Gasteiger partial charge in [0, 0.05) is 18.8 Å². The number of amides is 1. The molecule has 1 N–H and O–H groups in total. The molecule has 172 valence electrons. The minimum absolute atomic E-state index is 0.0928. The molecule has 1 saturated carbocycles. The predicted molar refractivity (Wildman–Crippen MR) is 112 cm³/mol. The van der Waals surface area contributed by atoms with Crippen LogP contribution in [0.15, 0.2) is 48.0 Å². The van der Waals surface area contributed by atoms with Gasteiger partial charge in [-0.1, -0.05) is 24.3 Å². The number of nitrogens with zero attached hydrogens (tertiary/aromatic N) is 2. The lowest BCUT2D eigenvalue weighted by atomic mass is 10.2. The highest BCUT2D eigenvalue weighted by Crippen LogP contribution is 2.35. The van der Waals surface area contributed by atoms with Crippen LogP contribution in [-0.2, 0) is 20.5 Å². The molecule has 0 aliphatic heterocycles. The summed E-state index contributed by atoms with van der Waals surface area (Å²) >= 11 is 0. The van der Waals surface area contributed by atoms with E-state index in [1.807, 2.05) is 0 Å². The Labute approximate surface area is 184 Å². The van der Waals surface area contributed by atoms with Gasteiger partial charge in [-0.2, -0.15) is 8.78 Å². The van der Waals surface area contributed by atoms with Crippen LogP contribution in [0, 0.1) is 5.92 Å². The smallest absolute Gasteiger partial charge is 0.317 e. The minimum atomic E-state index is -3.50. The summed E-state index contributed by atoms with van der Waals surface area (Å²) in [6.07, 6.45) is 5.04. The number of nitrogens with one attached hydrogen (secondary N) is 1. The molecule has 1 aromatic carbocycles.